The van der Waals surface area contributed by atoms with Crippen LogP contribution in [0.15, 0.2) is 60.7 Å². The van der Waals surface area contributed by atoms with Crippen molar-refractivity contribution in [1.29, 1.82) is 0 Å². The molecule has 9 heteroatoms. The minimum atomic E-state index is -0.630. The van der Waals surface area contributed by atoms with Gasteiger partial charge in [0.15, 0.2) is 0 Å². The largest absolute Gasteiger partial charge is 0.473 e. The molecule has 0 saturated carbocycles. The Hall–Kier alpha value is -2.78. The number of thioether (sulfide) groups is 1. The molecular weight excluding hydrogens is 496 g/mol. The molecule has 2 aromatic rings. The van der Waals surface area contributed by atoms with E-state index in [0.717, 1.165) is 11.1 Å². The molecule has 2 N–H and O–H groups in total. The molecule has 3 atom stereocenters. The van der Waals surface area contributed by atoms with Gasteiger partial charge in [0.1, 0.15) is 18.3 Å². The summed E-state index contributed by atoms with van der Waals surface area (Å²) in [5, 5.41) is 5.80. The first-order chi connectivity index (χ1) is 17.1. The number of amides is 2. The van der Waals surface area contributed by atoms with E-state index < -0.39 is 29.9 Å². The van der Waals surface area contributed by atoms with Crippen LogP contribution in [-0.2, 0) is 27.2 Å². The van der Waals surface area contributed by atoms with E-state index in [2.05, 4.69) is 10.6 Å². The molecule has 0 radical (unpaired) electrons. The Labute approximate surface area is 223 Å². The maximum Gasteiger partial charge on any atom is 0.407 e. The second-order valence-electron chi connectivity index (χ2n) is 9.37. The third-order valence-corrected chi connectivity index (χ3v) is 6.12. The fourth-order valence-electron chi connectivity index (χ4n) is 3.42. The average Bonchev–Trinajstić information content (AvgIpc) is 2.82. The van der Waals surface area contributed by atoms with Crippen LogP contribution in [0.3, 0.4) is 0 Å². The number of benzene rings is 2. The molecule has 7 nitrogen and oxygen atoms in total. The summed E-state index contributed by atoms with van der Waals surface area (Å²) >= 11 is 6.61. The van der Waals surface area contributed by atoms with Crippen molar-refractivity contribution < 1.29 is 23.8 Å². The van der Waals surface area contributed by atoms with Crippen molar-refractivity contribution >= 4 is 40.5 Å². The number of thiocarbonyl (C=S) groups is 1. The van der Waals surface area contributed by atoms with Crippen molar-refractivity contribution in [3.8, 4) is 0 Å². The van der Waals surface area contributed by atoms with Gasteiger partial charge in [-0.3, -0.25) is 0 Å². The fourth-order valence-corrected chi connectivity index (χ4v) is 3.76. The van der Waals surface area contributed by atoms with Crippen LogP contribution < -0.4 is 10.6 Å². The Bertz CT molecular complexity index is 967. The van der Waals surface area contributed by atoms with Gasteiger partial charge < -0.3 is 24.8 Å². The number of rotatable bonds is 10. The quantitative estimate of drug-likeness (QED) is 0.371. The first kappa shape index (κ1) is 29.5. The van der Waals surface area contributed by atoms with Gasteiger partial charge in [-0.25, -0.2) is 9.59 Å². The number of ether oxygens (including phenoxy) is 3. The maximum atomic E-state index is 12.6. The molecule has 0 heterocycles. The summed E-state index contributed by atoms with van der Waals surface area (Å²) in [4.78, 5) is 25.1. The molecule has 0 spiro atoms. The smallest absolute Gasteiger partial charge is 0.407 e. The molecule has 2 aromatic carbocycles. The summed E-state index contributed by atoms with van der Waals surface area (Å²) < 4.78 is 17.2. The number of carbonyl (C=O) groups is 2. The standard InChI is InChI=1S/C27H36N2O5S2/c1-19(28-24(30)32-18-21-14-10-7-11-15-21)23(33-26(35)36-5)17-22(16-20-12-8-6-9-13-20)29-25(31)34-27(2,3)4/h6-15,19,22-23H,16-18H2,1-5H3,(H,28,30)(H,29,31). The van der Waals surface area contributed by atoms with Crippen LogP contribution in [0.25, 0.3) is 0 Å². The topological polar surface area (TPSA) is 85.9 Å². The van der Waals surface area contributed by atoms with E-state index in [1.54, 1.807) is 0 Å². The van der Waals surface area contributed by atoms with Crippen LogP contribution >= 0.6 is 24.0 Å². The normalized spacial score (nSPS) is 13.6. The summed E-state index contributed by atoms with van der Waals surface area (Å²) in [6, 6.07) is 18.5. The number of hydrogen-bond acceptors (Lipinski definition) is 7. The van der Waals surface area contributed by atoms with Crippen LogP contribution in [0.2, 0.25) is 0 Å². The molecule has 0 bridgehead atoms. The average molecular weight is 533 g/mol. The fraction of sp³-hybridized carbons (Fsp3) is 0.444. The zero-order valence-corrected chi connectivity index (χ0v) is 23.1. The lowest BCUT2D eigenvalue weighted by atomic mass is 9.97. The van der Waals surface area contributed by atoms with E-state index in [4.69, 9.17) is 26.4 Å². The molecule has 36 heavy (non-hydrogen) atoms. The van der Waals surface area contributed by atoms with E-state index in [-0.39, 0.29) is 12.6 Å². The van der Waals surface area contributed by atoms with Gasteiger partial charge in [-0.1, -0.05) is 72.4 Å². The third kappa shape index (κ3) is 11.8. The van der Waals surface area contributed by atoms with Gasteiger partial charge in [-0.05, 0) is 63.7 Å². The van der Waals surface area contributed by atoms with Crippen molar-refractivity contribution in [2.45, 2.75) is 70.9 Å². The van der Waals surface area contributed by atoms with E-state index in [9.17, 15) is 9.59 Å². The maximum absolute atomic E-state index is 12.6. The summed E-state index contributed by atoms with van der Waals surface area (Å²) in [6.45, 7) is 7.42. The lowest BCUT2D eigenvalue weighted by Gasteiger charge is -2.30. The minimum absolute atomic E-state index is 0.158. The Morgan fingerprint density at radius 2 is 1.53 bits per heavy atom. The second-order valence-corrected chi connectivity index (χ2v) is 10.8. The molecule has 196 valence electrons. The highest BCUT2D eigenvalue weighted by atomic mass is 32.2. The monoisotopic (exact) mass is 532 g/mol. The second kappa shape index (κ2) is 14.7. The summed E-state index contributed by atoms with van der Waals surface area (Å²) in [5.41, 5.74) is 1.31. The molecule has 0 saturated heterocycles. The lowest BCUT2D eigenvalue weighted by Crippen LogP contribution is -2.48. The summed E-state index contributed by atoms with van der Waals surface area (Å²) in [7, 11) is 0. The first-order valence-corrected chi connectivity index (χ1v) is 13.4. The Morgan fingerprint density at radius 3 is 2.08 bits per heavy atom. The van der Waals surface area contributed by atoms with Crippen LogP contribution in [0.4, 0.5) is 9.59 Å². The van der Waals surface area contributed by atoms with Gasteiger partial charge in [0.2, 0.25) is 4.38 Å². The van der Waals surface area contributed by atoms with Crippen LogP contribution in [0, 0.1) is 0 Å². The molecule has 0 aliphatic rings. The van der Waals surface area contributed by atoms with Gasteiger partial charge in [-0.15, -0.1) is 0 Å². The van der Waals surface area contributed by atoms with Crippen LogP contribution in [-0.4, -0.2) is 46.6 Å². The lowest BCUT2D eigenvalue weighted by molar-refractivity contribution is 0.0476. The van der Waals surface area contributed by atoms with E-state index in [1.807, 2.05) is 94.6 Å². The first-order valence-electron chi connectivity index (χ1n) is 11.8. The van der Waals surface area contributed by atoms with Gasteiger partial charge in [0.05, 0.1) is 6.04 Å². The number of hydrogen-bond donors (Lipinski definition) is 2. The van der Waals surface area contributed by atoms with E-state index in [1.165, 1.54) is 11.8 Å². The minimum Gasteiger partial charge on any atom is -0.473 e. The molecule has 0 aliphatic heterocycles. The van der Waals surface area contributed by atoms with Crippen molar-refractivity contribution in [2.75, 3.05) is 6.26 Å². The Morgan fingerprint density at radius 1 is 0.944 bits per heavy atom. The molecule has 0 fully saturated rings. The Balaban J connectivity index is 2.11. The number of carbonyl (C=O) groups excluding carboxylic acids is 2. The van der Waals surface area contributed by atoms with Crippen LogP contribution in [0.1, 0.15) is 45.2 Å². The molecule has 0 aromatic heterocycles. The summed E-state index contributed by atoms with van der Waals surface area (Å²) in [5.74, 6) is 0. The zero-order chi connectivity index (χ0) is 26.6. The zero-order valence-electron chi connectivity index (χ0n) is 21.5. The van der Waals surface area contributed by atoms with Gasteiger partial charge in [-0.2, -0.15) is 0 Å². The highest BCUT2D eigenvalue weighted by molar-refractivity contribution is 8.22. The summed E-state index contributed by atoms with van der Waals surface area (Å²) in [6.07, 6.45) is 1.17. The highest BCUT2D eigenvalue weighted by Crippen LogP contribution is 2.17. The number of alkyl carbamates (subject to hydrolysis) is 2. The molecule has 2 rings (SSSR count). The molecular formula is C27H36N2O5S2. The van der Waals surface area contributed by atoms with Crippen molar-refractivity contribution in [3.63, 3.8) is 0 Å². The highest BCUT2D eigenvalue weighted by Gasteiger charge is 2.28. The van der Waals surface area contributed by atoms with E-state index in [0.29, 0.717) is 17.2 Å². The number of nitrogens with one attached hydrogen (secondary N) is 2. The predicted octanol–water partition coefficient (Wildman–Crippen LogP) is 5.86. The molecule has 0 aliphatic carbocycles. The Kier molecular flexibility index (Phi) is 12.0. The van der Waals surface area contributed by atoms with Gasteiger partial charge in [0, 0.05) is 12.5 Å². The predicted molar refractivity (Wildman–Crippen MR) is 148 cm³/mol. The van der Waals surface area contributed by atoms with Crippen molar-refractivity contribution in [2.24, 2.45) is 0 Å². The SMILES string of the molecule is CSC(=S)OC(CC(Cc1ccccc1)NC(=O)OC(C)(C)C)C(C)NC(=O)OCc1ccccc1. The van der Waals surface area contributed by atoms with Crippen LogP contribution in [0.5, 0.6) is 0 Å². The third-order valence-electron chi connectivity index (χ3n) is 5.09. The molecule has 3 unspecified atom stereocenters. The molecule has 2 amide bonds. The van der Waals surface area contributed by atoms with E-state index >= 15 is 0 Å². The van der Waals surface area contributed by atoms with Gasteiger partial charge >= 0.3 is 12.2 Å². The van der Waals surface area contributed by atoms with Crippen molar-refractivity contribution in [3.05, 3.63) is 71.8 Å². The van der Waals surface area contributed by atoms with Crippen molar-refractivity contribution in [1.82, 2.24) is 10.6 Å². The van der Waals surface area contributed by atoms with Gasteiger partial charge in [0.25, 0.3) is 0 Å².